The molecule has 0 spiro atoms. The molecule has 1 unspecified atom stereocenters. The average molecular weight is 472 g/mol. The minimum atomic E-state index is -0.283. The van der Waals surface area contributed by atoms with Gasteiger partial charge in [-0.05, 0) is 44.7 Å². The fourth-order valence-electron chi connectivity index (χ4n) is 4.45. The summed E-state index contributed by atoms with van der Waals surface area (Å²) in [5.74, 6) is 7.11. The Bertz CT molecular complexity index is 1070. The van der Waals surface area contributed by atoms with E-state index in [1.54, 1.807) is 6.07 Å². The number of anilines is 2. The Morgan fingerprint density at radius 1 is 1.30 bits per heavy atom. The first-order valence-corrected chi connectivity index (χ1v) is 11.9. The van der Waals surface area contributed by atoms with E-state index in [9.17, 15) is 4.79 Å². The highest BCUT2D eigenvalue weighted by Gasteiger charge is 2.32. The van der Waals surface area contributed by atoms with Crippen LogP contribution in [0.3, 0.4) is 0 Å². The smallest absolute Gasteiger partial charge is 0.251 e. The lowest BCUT2D eigenvalue weighted by atomic mass is 10.0. The van der Waals surface area contributed by atoms with Gasteiger partial charge in [0.2, 0.25) is 0 Å². The number of halogens is 1. The predicted octanol–water partition coefficient (Wildman–Crippen LogP) is 2.67. The first-order chi connectivity index (χ1) is 16.0. The number of aromatic nitrogens is 2. The van der Waals surface area contributed by atoms with Crippen molar-refractivity contribution in [2.45, 2.75) is 44.8 Å². The highest BCUT2D eigenvalue weighted by Crippen LogP contribution is 2.31. The summed E-state index contributed by atoms with van der Waals surface area (Å²) in [5, 5.41) is 12.8. The van der Waals surface area contributed by atoms with Crippen LogP contribution in [0.2, 0.25) is 5.02 Å². The predicted molar refractivity (Wildman–Crippen MR) is 130 cm³/mol. The van der Waals surface area contributed by atoms with E-state index >= 15 is 0 Å². The van der Waals surface area contributed by atoms with Crippen molar-refractivity contribution in [3.8, 4) is 11.8 Å². The zero-order valence-corrected chi connectivity index (χ0v) is 19.9. The van der Waals surface area contributed by atoms with Crippen molar-refractivity contribution in [3.63, 3.8) is 0 Å². The number of amides is 1. The highest BCUT2D eigenvalue weighted by atomic mass is 35.5. The van der Waals surface area contributed by atoms with Gasteiger partial charge in [0.25, 0.3) is 5.91 Å². The molecule has 3 heterocycles. The lowest BCUT2D eigenvalue weighted by molar-refractivity contribution is -0.142. The molecule has 2 aromatic rings. The topological polar surface area (TPSA) is 90.8 Å². The molecule has 9 heteroatoms. The number of hydrogen-bond acceptors (Lipinski definition) is 7. The molecule has 2 fully saturated rings. The molecule has 8 nitrogen and oxygen atoms in total. The number of nitrogens with zero attached hydrogens (tertiary/aromatic N) is 4. The Kier molecular flexibility index (Phi) is 7.53. The molecular weight excluding hydrogens is 442 g/mol. The first kappa shape index (κ1) is 23.6. The molecule has 33 heavy (non-hydrogen) atoms. The number of piperidine rings is 1. The van der Waals surface area contributed by atoms with Gasteiger partial charge in [-0.1, -0.05) is 23.4 Å². The second kappa shape index (κ2) is 10.6. The van der Waals surface area contributed by atoms with Gasteiger partial charge < -0.3 is 25.0 Å². The summed E-state index contributed by atoms with van der Waals surface area (Å²) in [6.45, 7) is 4.73. The van der Waals surface area contributed by atoms with Gasteiger partial charge in [0.15, 0.2) is 11.6 Å². The van der Waals surface area contributed by atoms with Gasteiger partial charge in [0, 0.05) is 44.9 Å². The van der Waals surface area contributed by atoms with Crippen molar-refractivity contribution in [1.29, 1.82) is 0 Å². The number of fused-ring (bicyclic) bond motifs is 1. The van der Waals surface area contributed by atoms with Crippen LogP contribution in [0.5, 0.6) is 0 Å². The third kappa shape index (κ3) is 5.16. The fourth-order valence-corrected chi connectivity index (χ4v) is 4.65. The molecule has 2 aliphatic heterocycles. The van der Waals surface area contributed by atoms with E-state index in [1.165, 1.54) is 0 Å². The lowest BCUT2D eigenvalue weighted by Crippen LogP contribution is -2.48. The number of benzene rings is 1. The van der Waals surface area contributed by atoms with E-state index in [4.69, 9.17) is 31.4 Å². The van der Waals surface area contributed by atoms with Crippen LogP contribution < -0.4 is 10.2 Å². The van der Waals surface area contributed by atoms with Crippen LogP contribution in [-0.2, 0) is 9.53 Å². The van der Waals surface area contributed by atoms with Crippen molar-refractivity contribution >= 4 is 40.2 Å². The zero-order chi connectivity index (χ0) is 23.4. The number of rotatable bonds is 5. The van der Waals surface area contributed by atoms with Gasteiger partial charge >= 0.3 is 0 Å². The molecule has 1 aromatic heterocycles. The molecule has 1 amide bonds. The molecule has 0 bridgehead atoms. The number of nitrogens with one attached hydrogen (secondary N) is 1. The quantitative estimate of drug-likeness (QED) is 0.648. The van der Waals surface area contributed by atoms with Crippen molar-refractivity contribution < 1.29 is 14.6 Å². The number of aliphatic hydroxyl groups is 1. The molecule has 0 aliphatic carbocycles. The number of aliphatic hydroxyl groups excluding tert-OH is 1. The Morgan fingerprint density at radius 2 is 2.06 bits per heavy atom. The van der Waals surface area contributed by atoms with Crippen LogP contribution >= 0.6 is 11.6 Å². The lowest BCUT2D eigenvalue weighted by Gasteiger charge is -2.38. The summed E-state index contributed by atoms with van der Waals surface area (Å²) >= 11 is 6.35. The third-order valence-electron chi connectivity index (χ3n) is 6.25. The van der Waals surface area contributed by atoms with E-state index in [0.717, 1.165) is 57.0 Å². The van der Waals surface area contributed by atoms with Crippen LogP contribution in [0, 0.1) is 11.8 Å². The Balaban J connectivity index is 1.54. The van der Waals surface area contributed by atoms with Gasteiger partial charge in [-0.2, -0.15) is 0 Å². The SMILES string of the molecule is CCNc1nc2cc(Cl)c(C#CCO)cc2nc1N1CCC(N(C)C(=O)C2CCCO2)CC1. The van der Waals surface area contributed by atoms with Crippen LogP contribution in [0.15, 0.2) is 12.1 Å². The van der Waals surface area contributed by atoms with Gasteiger partial charge in [-0.15, -0.1) is 0 Å². The van der Waals surface area contributed by atoms with Crippen molar-refractivity contribution in [1.82, 2.24) is 14.9 Å². The average Bonchev–Trinajstić information content (AvgIpc) is 3.37. The zero-order valence-electron chi connectivity index (χ0n) is 19.1. The monoisotopic (exact) mass is 471 g/mol. The van der Waals surface area contributed by atoms with Gasteiger partial charge in [-0.25, -0.2) is 9.97 Å². The summed E-state index contributed by atoms with van der Waals surface area (Å²) in [4.78, 5) is 26.5. The Labute approximate surface area is 199 Å². The van der Waals surface area contributed by atoms with Crippen LogP contribution in [0.1, 0.15) is 38.2 Å². The number of likely N-dealkylation sites (N-methyl/N-ethyl adjacent to an activating group) is 1. The molecule has 4 rings (SSSR count). The Morgan fingerprint density at radius 3 is 2.73 bits per heavy atom. The highest BCUT2D eigenvalue weighted by molar-refractivity contribution is 6.32. The Hall–Kier alpha value is -2.60. The van der Waals surface area contributed by atoms with Crippen LogP contribution in [0.25, 0.3) is 11.0 Å². The second-order valence-electron chi connectivity index (χ2n) is 8.38. The number of carbonyl (C=O) groups is 1. The summed E-state index contributed by atoms with van der Waals surface area (Å²) < 4.78 is 5.58. The molecule has 1 atom stereocenters. The number of carbonyl (C=O) groups excluding carboxylic acids is 1. The molecule has 1 aromatic carbocycles. The van der Waals surface area contributed by atoms with Crippen LogP contribution in [-0.4, -0.2) is 77.9 Å². The van der Waals surface area contributed by atoms with Gasteiger partial charge in [0.05, 0.1) is 16.1 Å². The number of hydrogen-bond donors (Lipinski definition) is 2. The van der Waals surface area contributed by atoms with Crippen molar-refractivity contribution in [2.75, 3.05) is 50.1 Å². The summed E-state index contributed by atoms with van der Waals surface area (Å²) in [6.07, 6.45) is 3.20. The van der Waals surface area contributed by atoms with Crippen molar-refractivity contribution in [3.05, 3.63) is 22.7 Å². The molecule has 0 radical (unpaired) electrons. The molecule has 2 saturated heterocycles. The first-order valence-electron chi connectivity index (χ1n) is 11.5. The summed E-state index contributed by atoms with van der Waals surface area (Å²) in [5.41, 5.74) is 2.00. The standard InChI is InChI=1S/C24H30ClN5O3/c1-3-26-22-23(28-19-14-16(6-4-12-31)18(25)15-20(19)27-22)30-10-8-17(9-11-30)29(2)24(32)21-7-5-13-33-21/h14-15,17,21,31H,3,5,7-13H2,1-2H3,(H,26,27). The van der Waals surface area contributed by atoms with Gasteiger partial charge in [-0.3, -0.25) is 4.79 Å². The number of ether oxygens (including phenoxy) is 1. The van der Waals surface area contributed by atoms with Gasteiger partial charge in [0.1, 0.15) is 12.7 Å². The minimum Gasteiger partial charge on any atom is -0.384 e. The maximum atomic E-state index is 12.7. The van der Waals surface area contributed by atoms with E-state index in [1.807, 2.05) is 24.9 Å². The molecule has 0 saturated carbocycles. The molecule has 2 N–H and O–H groups in total. The largest absolute Gasteiger partial charge is 0.384 e. The molecule has 2 aliphatic rings. The van der Waals surface area contributed by atoms with E-state index in [-0.39, 0.29) is 24.7 Å². The summed E-state index contributed by atoms with van der Waals surface area (Å²) in [7, 11) is 1.89. The third-order valence-corrected chi connectivity index (χ3v) is 6.56. The maximum absolute atomic E-state index is 12.7. The van der Waals surface area contributed by atoms with E-state index in [0.29, 0.717) is 28.2 Å². The fraction of sp³-hybridized carbons (Fsp3) is 0.542. The summed E-state index contributed by atoms with van der Waals surface area (Å²) in [6, 6.07) is 3.76. The second-order valence-corrected chi connectivity index (χ2v) is 8.78. The maximum Gasteiger partial charge on any atom is 0.251 e. The van der Waals surface area contributed by atoms with Crippen molar-refractivity contribution in [2.24, 2.45) is 0 Å². The van der Waals surface area contributed by atoms with E-state index < -0.39 is 0 Å². The normalized spacial score (nSPS) is 18.8. The molecular formula is C24H30ClN5O3. The minimum absolute atomic E-state index is 0.0955. The molecule has 176 valence electrons. The van der Waals surface area contributed by atoms with E-state index in [2.05, 4.69) is 22.1 Å². The van der Waals surface area contributed by atoms with Crippen LogP contribution in [0.4, 0.5) is 11.6 Å².